The van der Waals surface area contributed by atoms with E-state index in [1.165, 1.54) is 11.8 Å². The third-order valence-corrected chi connectivity index (χ3v) is 4.77. The normalized spacial score (nSPS) is 12.9. The van der Waals surface area contributed by atoms with Gasteiger partial charge in [0.2, 0.25) is 0 Å². The van der Waals surface area contributed by atoms with E-state index in [2.05, 4.69) is 21.4 Å². The van der Waals surface area contributed by atoms with Crippen molar-refractivity contribution in [1.82, 2.24) is 15.3 Å². The highest BCUT2D eigenvalue weighted by molar-refractivity contribution is 6.07. The van der Waals surface area contributed by atoms with Gasteiger partial charge in [0, 0.05) is 42.9 Å². The Kier molecular flexibility index (Phi) is 5.10. The van der Waals surface area contributed by atoms with Crippen molar-refractivity contribution in [3.05, 3.63) is 89.5 Å². The number of fused-ring (bicyclic) bond motifs is 1. The molecule has 0 spiro atoms. The number of benzene rings is 1. The van der Waals surface area contributed by atoms with Gasteiger partial charge in [-0.25, -0.2) is 0 Å². The second kappa shape index (κ2) is 8.00. The summed E-state index contributed by atoms with van der Waals surface area (Å²) in [5, 5.41) is 2.81. The number of rotatable bonds is 4. The molecule has 3 aromatic rings. The molecule has 6 heteroatoms. The number of nitrogens with one attached hydrogen (secondary N) is 1. The molecule has 1 aromatic carbocycles. The summed E-state index contributed by atoms with van der Waals surface area (Å²) >= 11 is 0. The molecule has 0 saturated heterocycles. The van der Waals surface area contributed by atoms with E-state index in [1.54, 1.807) is 29.4 Å². The van der Waals surface area contributed by atoms with Crippen LogP contribution in [0.2, 0.25) is 0 Å². The van der Waals surface area contributed by atoms with Crippen LogP contribution in [0.1, 0.15) is 38.4 Å². The van der Waals surface area contributed by atoms with Crippen molar-refractivity contribution in [2.75, 3.05) is 11.4 Å². The van der Waals surface area contributed by atoms with Crippen LogP contribution < -0.4 is 10.2 Å². The highest BCUT2D eigenvalue weighted by Crippen LogP contribution is 2.28. The molecule has 1 N–H and O–H groups in total. The summed E-state index contributed by atoms with van der Waals surface area (Å²) in [5.41, 5.74) is 3.69. The van der Waals surface area contributed by atoms with Crippen molar-refractivity contribution < 1.29 is 9.59 Å². The van der Waals surface area contributed by atoms with Crippen molar-refractivity contribution in [1.29, 1.82) is 0 Å². The molecule has 0 aliphatic carbocycles. The number of hydrogen-bond donors (Lipinski definition) is 1. The number of nitrogens with zero attached hydrogens (tertiary/aromatic N) is 3. The average molecular weight is 372 g/mol. The highest BCUT2D eigenvalue weighted by atomic mass is 16.2. The third kappa shape index (κ3) is 3.76. The van der Waals surface area contributed by atoms with Crippen molar-refractivity contribution >= 4 is 17.5 Å². The Labute approximate surface area is 163 Å². The van der Waals surface area contributed by atoms with Crippen LogP contribution in [0.3, 0.4) is 0 Å². The van der Waals surface area contributed by atoms with Crippen LogP contribution in [0, 0.1) is 0 Å². The van der Waals surface area contributed by atoms with Crippen LogP contribution in [0.4, 0.5) is 5.69 Å². The zero-order chi connectivity index (χ0) is 19.3. The summed E-state index contributed by atoms with van der Waals surface area (Å²) in [6.45, 7) is 1.02. The predicted octanol–water partition coefficient (Wildman–Crippen LogP) is 3.00. The second-order valence-corrected chi connectivity index (χ2v) is 6.66. The van der Waals surface area contributed by atoms with Gasteiger partial charge < -0.3 is 10.2 Å². The molecule has 0 fully saturated rings. The number of aromatic nitrogens is 2. The monoisotopic (exact) mass is 372 g/mol. The van der Waals surface area contributed by atoms with E-state index in [-0.39, 0.29) is 17.5 Å². The van der Waals surface area contributed by atoms with Gasteiger partial charge in [0.05, 0.1) is 0 Å². The molecule has 28 heavy (non-hydrogen) atoms. The van der Waals surface area contributed by atoms with Gasteiger partial charge in [-0.3, -0.25) is 19.6 Å². The standard InChI is InChI=1S/C22H20N4O2/c27-21(25-15-16-5-3-10-23-14-16)19-13-18(9-11-24-19)22(28)26-12-4-7-17-6-1-2-8-20(17)26/h1-3,5-6,8-11,13-14H,4,7,12,15H2,(H,25,27). The summed E-state index contributed by atoms with van der Waals surface area (Å²) in [4.78, 5) is 35.5. The maximum atomic E-state index is 13.1. The lowest BCUT2D eigenvalue weighted by atomic mass is 10.0. The van der Waals surface area contributed by atoms with Crippen molar-refractivity contribution in [3.63, 3.8) is 0 Å². The first-order chi connectivity index (χ1) is 13.7. The topological polar surface area (TPSA) is 75.2 Å². The molecule has 3 heterocycles. The van der Waals surface area contributed by atoms with Gasteiger partial charge in [0.15, 0.2) is 0 Å². The number of carbonyl (C=O) groups is 2. The maximum Gasteiger partial charge on any atom is 0.270 e. The Balaban J connectivity index is 1.51. The first-order valence-electron chi connectivity index (χ1n) is 9.25. The Hall–Kier alpha value is -3.54. The molecule has 140 valence electrons. The van der Waals surface area contributed by atoms with Gasteiger partial charge in [-0.2, -0.15) is 0 Å². The van der Waals surface area contributed by atoms with Gasteiger partial charge in [0.25, 0.3) is 11.8 Å². The molecule has 0 atom stereocenters. The van der Waals surface area contributed by atoms with E-state index in [4.69, 9.17) is 0 Å². The maximum absolute atomic E-state index is 13.1. The smallest absolute Gasteiger partial charge is 0.270 e. The molecule has 2 amide bonds. The van der Waals surface area contributed by atoms with Crippen molar-refractivity contribution in [2.45, 2.75) is 19.4 Å². The van der Waals surface area contributed by atoms with E-state index in [0.717, 1.165) is 24.1 Å². The van der Waals surface area contributed by atoms with E-state index in [9.17, 15) is 9.59 Å². The number of amides is 2. The molecular formula is C22H20N4O2. The zero-order valence-electron chi connectivity index (χ0n) is 15.3. The summed E-state index contributed by atoms with van der Waals surface area (Å²) in [7, 11) is 0. The Morgan fingerprint density at radius 1 is 1.07 bits per heavy atom. The molecule has 1 aliphatic heterocycles. The largest absolute Gasteiger partial charge is 0.347 e. The lowest BCUT2D eigenvalue weighted by molar-refractivity contribution is 0.0946. The van der Waals surface area contributed by atoms with E-state index >= 15 is 0 Å². The molecule has 0 bridgehead atoms. The third-order valence-electron chi connectivity index (χ3n) is 4.77. The average Bonchev–Trinajstić information content (AvgIpc) is 2.77. The molecule has 0 saturated carbocycles. The number of hydrogen-bond acceptors (Lipinski definition) is 4. The van der Waals surface area contributed by atoms with Gasteiger partial charge in [0.1, 0.15) is 5.69 Å². The minimum atomic E-state index is -0.322. The van der Waals surface area contributed by atoms with E-state index in [1.807, 2.05) is 30.3 Å². The predicted molar refractivity (Wildman–Crippen MR) is 106 cm³/mol. The van der Waals surface area contributed by atoms with Gasteiger partial charge >= 0.3 is 0 Å². The highest BCUT2D eigenvalue weighted by Gasteiger charge is 2.24. The summed E-state index contributed by atoms with van der Waals surface area (Å²) in [6.07, 6.45) is 6.77. The van der Waals surface area contributed by atoms with E-state index in [0.29, 0.717) is 18.7 Å². The minimum absolute atomic E-state index is 0.115. The van der Waals surface area contributed by atoms with Crippen LogP contribution in [0.25, 0.3) is 0 Å². The number of para-hydroxylation sites is 1. The molecule has 0 unspecified atom stereocenters. The molecule has 2 aromatic heterocycles. The Morgan fingerprint density at radius 3 is 2.82 bits per heavy atom. The van der Waals surface area contributed by atoms with Gasteiger partial charge in [-0.05, 0) is 48.2 Å². The number of pyridine rings is 2. The molecule has 1 aliphatic rings. The van der Waals surface area contributed by atoms with Gasteiger partial charge in [-0.15, -0.1) is 0 Å². The Bertz CT molecular complexity index is 1000. The SMILES string of the molecule is O=C(NCc1cccnc1)c1cc(C(=O)N2CCCc3ccccc32)ccn1. The minimum Gasteiger partial charge on any atom is -0.347 e. The molecular weight excluding hydrogens is 352 g/mol. The number of carbonyl (C=O) groups excluding carboxylic acids is 2. The van der Waals surface area contributed by atoms with Crippen LogP contribution >= 0.6 is 0 Å². The quantitative estimate of drug-likeness (QED) is 0.764. The lowest BCUT2D eigenvalue weighted by Gasteiger charge is -2.29. The second-order valence-electron chi connectivity index (χ2n) is 6.66. The van der Waals surface area contributed by atoms with Gasteiger partial charge in [-0.1, -0.05) is 24.3 Å². The summed E-state index contributed by atoms with van der Waals surface area (Å²) in [5.74, 6) is -0.437. The lowest BCUT2D eigenvalue weighted by Crippen LogP contribution is -2.35. The van der Waals surface area contributed by atoms with Crippen LogP contribution in [0.5, 0.6) is 0 Å². The summed E-state index contributed by atoms with van der Waals surface area (Å²) in [6, 6.07) is 14.9. The number of anilines is 1. The first kappa shape index (κ1) is 17.9. The molecule has 4 rings (SSSR count). The van der Waals surface area contributed by atoms with Crippen LogP contribution in [-0.4, -0.2) is 28.3 Å². The molecule has 0 radical (unpaired) electrons. The van der Waals surface area contributed by atoms with Crippen molar-refractivity contribution in [3.8, 4) is 0 Å². The fourth-order valence-corrected chi connectivity index (χ4v) is 3.36. The first-order valence-corrected chi connectivity index (χ1v) is 9.25. The fraction of sp³-hybridized carbons (Fsp3) is 0.182. The molecule has 6 nitrogen and oxygen atoms in total. The Morgan fingerprint density at radius 2 is 1.96 bits per heavy atom. The van der Waals surface area contributed by atoms with Crippen molar-refractivity contribution in [2.24, 2.45) is 0 Å². The van der Waals surface area contributed by atoms with Crippen LogP contribution in [0.15, 0.2) is 67.1 Å². The number of aryl methyl sites for hydroxylation is 1. The fourth-order valence-electron chi connectivity index (χ4n) is 3.36. The zero-order valence-corrected chi connectivity index (χ0v) is 15.3. The summed E-state index contributed by atoms with van der Waals surface area (Å²) < 4.78 is 0. The van der Waals surface area contributed by atoms with Crippen LogP contribution in [-0.2, 0) is 13.0 Å². The van der Waals surface area contributed by atoms with E-state index < -0.39 is 0 Å².